The molecule has 4 heteroatoms. The van der Waals surface area contributed by atoms with Gasteiger partial charge in [-0.1, -0.05) is 6.08 Å². The molecule has 0 radical (unpaired) electrons. The highest BCUT2D eigenvalue weighted by molar-refractivity contribution is 5.74. The van der Waals surface area contributed by atoms with Crippen molar-refractivity contribution in [2.75, 3.05) is 6.61 Å². The molecule has 4 N–H and O–H groups in total. The first-order chi connectivity index (χ1) is 4.27. The molecule has 0 aromatic rings. The van der Waals surface area contributed by atoms with Crippen LogP contribution >= 0.6 is 0 Å². The molecule has 0 saturated carbocycles. The highest BCUT2D eigenvalue weighted by Gasteiger charge is 1.76. The van der Waals surface area contributed by atoms with Gasteiger partial charge in [-0.05, 0) is 18.2 Å². The van der Waals surface area contributed by atoms with Crippen LogP contribution in [0.25, 0.3) is 0 Å². The third-order valence-corrected chi connectivity index (χ3v) is 0.576. The maximum absolute atomic E-state index is 4.95. The summed E-state index contributed by atoms with van der Waals surface area (Å²) >= 11 is 0. The molecule has 0 fully saturated rings. The first-order valence-electron chi connectivity index (χ1n) is 2.59. The van der Waals surface area contributed by atoms with E-state index in [1.54, 1.807) is 6.08 Å². The molecule has 0 bridgehead atoms. The number of nitrogens with two attached hydrogens (primary N) is 2. The summed E-state index contributed by atoms with van der Waals surface area (Å²) in [4.78, 5) is 4.59. The van der Waals surface area contributed by atoms with Crippen LogP contribution in [0, 0.1) is 0 Å². The fraction of sp³-hybridized carbons (Fsp3) is 0.400. The minimum atomic E-state index is -0.0560. The van der Waals surface area contributed by atoms with Gasteiger partial charge in [-0.25, -0.2) is 0 Å². The van der Waals surface area contributed by atoms with Crippen molar-refractivity contribution < 1.29 is 4.84 Å². The first-order valence-corrected chi connectivity index (χ1v) is 2.59. The van der Waals surface area contributed by atoms with E-state index in [2.05, 4.69) is 9.99 Å². The summed E-state index contributed by atoms with van der Waals surface area (Å²) in [6.07, 6.45) is 3.65. The molecule has 0 rings (SSSR count). The van der Waals surface area contributed by atoms with Crippen LogP contribution in [0.2, 0.25) is 0 Å². The molecular formula is C5H11N3O. The molecule has 52 valence electrons. The molecule has 0 aromatic carbocycles. The molecular weight excluding hydrogens is 118 g/mol. The largest absolute Gasteiger partial charge is 0.389 e. The van der Waals surface area contributed by atoms with Gasteiger partial charge in [0.25, 0.3) is 0 Å². The van der Waals surface area contributed by atoms with Crippen LogP contribution in [0.5, 0.6) is 0 Å². The quantitative estimate of drug-likeness (QED) is 0.182. The Labute approximate surface area is 54.2 Å². The van der Waals surface area contributed by atoms with E-state index in [-0.39, 0.29) is 5.96 Å². The lowest BCUT2D eigenvalue weighted by Gasteiger charge is -1.91. The molecule has 9 heavy (non-hydrogen) atoms. The third-order valence-electron chi connectivity index (χ3n) is 0.576. The fourth-order valence-electron chi connectivity index (χ4n) is 0.251. The average Bonchev–Trinajstić information content (AvgIpc) is 1.80. The smallest absolute Gasteiger partial charge is 0.228 e. The van der Waals surface area contributed by atoms with Crippen molar-refractivity contribution >= 4 is 5.96 Å². The number of nitrogens with zero attached hydrogens (tertiary/aromatic N) is 1. The lowest BCUT2D eigenvalue weighted by molar-refractivity contribution is 0.173. The summed E-state index contributed by atoms with van der Waals surface area (Å²) in [6.45, 7) is 2.30. The van der Waals surface area contributed by atoms with Crippen LogP contribution in [0.4, 0.5) is 0 Å². The molecule has 0 heterocycles. The standard InChI is InChI=1S/C5H11N3O/c1-2-3-4-9-8-5(6)7/h2-3H,4H2,1H3,(H4,6,7,8). The van der Waals surface area contributed by atoms with Gasteiger partial charge >= 0.3 is 0 Å². The zero-order chi connectivity index (χ0) is 7.11. The van der Waals surface area contributed by atoms with Gasteiger partial charge in [0.05, 0.1) is 0 Å². The number of oxime groups is 1. The Morgan fingerprint density at radius 2 is 2.33 bits per heavy atom. The molecule has 4 nitrogen and oxygen atoms in total. The molecule has 0 spiro atoms. The Morgan fingerprint density at radius 3 is 2.78 bits per heavy atom. The zero-order valence-electron chi connectivity index (χ0n) is 5.37. The summed E-state index contributed by atoms with van der Waals surface area (Å²) in [5.74, 6) is -0.0560. The Kier molecular flexibility index (Phi) is 4.30. The van der Waals surface area contributed by atoms with Gasteiger partial charge in [0, 0.05) is 0 Å². The summed E-state index contributed by atoms with van der Waals surface area (Å²) in [6, 6.07) is 0. The van der Waals surface area contributed by atoms with Gasteiger partial charge in [0.2, 0.25) is 5.96 Å². The van der Waals surface area contributed by atoms with Crippen molar-refractivity contribution in [2.24, 2.45) is 16.6 Å². The Morgan fingerprint density at radius 1 is 1.67 bits per heavy atom. The summed E-state index contributed by atoms with van der Waals surface area (Å²) in [7, 11) is 0. The maximum Gasteiger partial charge on any atom is 0.228 e. The number of hydrogen-bond acceptors (Lipinski definition) is 2. The van der Waals surface area contributed by atoms with E-state index in [0.717, 1.165) is 0 Å². The van der Waals surface area contributed by atoms with E-state index in [4.69, 9.17) is 11.5 Å². The first kappa shape index (κ1) is 7.81. The minimum Gasteiger partial charge on any atom is -0.389 e. The predicted octanol–water partition coefficient (Wildman–Crippen LogP) is -0.233. The van der Waals surface area contributed by atoms with Gasteiger partial charge < -0.3 is 16.3 Å². The number of rotatable bonds is 3. The lowest BCUT2D eigenvalue weighted by Crippen LogP contribution is -2.22. The topological polar surface area (TPSA) is 73.6 Å². The SMILES string of the molecule is CC=CCON=C(N)N. The maximum atomic E-state index is 4.95. The lowest BCUT2D eigenvalue weighted by atomic mass is 10.6. The zero-order valence-corrected chi connectivity index (χ0v) is 5.37. The van der Waals surface area contributed by atoms with Gasteiger partial charge in [0.1, 0.15) is 6.61 Å². The second-order valence-corrected chi connectivity index (χ2v) is 1.38. The van der Waals surface area contributed by atoms with E-state index in [9.17, 15) is 0 Å². The van der Waals surface area contributed by atoms with E-state index >= 15 is 0 Å². The summed E-state index contributed by atoms with van der Waals surface area (Å²) in [5, 5.41) is 3.28. The van der Waals surface area contributed by atoms with Crippen LogP contribution in [-0.2, 0) is 4.84 Å². The van der Waals surface area contributed by atoms with Crippen LogP contribution in [0.1, 0.15) is 6.92 Å². The summed E-state index contributed by atoms with van der Waals surface area (Å²) < 4.78 is 0. The monoisotopic (exact) mass is 129 g/mol. The van der Waals surface area contributed by atoms with Crippen molar-refractivity contribution in [3.63, 3.8) is 0 Å². The molecule has 0 aliphatic heterocycles. The van der Waals surface area contributed by atoms with E-state index in [0.29, 0.717) is 6.61 Å². The number of guanidine groups is 1. The van der Waals surface area contributed by atoms with Crippen molar-refractivity contribution in [2.45, 2.75) is 6.92 Å². The van der Waals surface area contributed by atoms with Gasteiger partial charge in [-0.15, -0.1) is 0 Å². The van der Waals surface area contributed by atoms with Gasteiger partial charge in [0.15, 0.2) is 0 Å². The highest BCUT2D eigenvalue weighted by Crippen LogP contribution is 1.75. The molecule has 0 aromatic heterocycles. The Hall–Kier alpha value is -1.19. The molecule has 0 aliphatic rings. The van der Waals surface area contributed by atoms with E-state index in [1.807, 2.05) is 13.0 Å². The Balaban J connectivity index is 3.20. The van der Waals surface area contributed by atoms with Crippen LogP contribution in [0.15, 0.2) is 17.3 Å². The normalized spacial score (nSPS) is 9.44. The van der Waals surface area contributed by atoms with Crippen LogP contribution in [0.3, 0.4) is 0 Å². The summed E-state index contributed by atoms with van der Waals surface area (Å²) in [5.41, 5.74) is 9.91. The molecule has 0 unspecified atom stereocenters. The van der Waals surface area contributed by atoms with Crippen LogP contribution in [-0.4, -0.2) is 12.6 Å². The second-order valence-electron chi connectivity index (χ2n) is 1.38. The predicted molar refractivity (Wildman–Crippen MR) is 36.6 cm³/mol. The van der Waals surface area contributed by atoms with E-state index in [1.165, 1.54) is 0 Å². The molecule has 0 amide bonds. The van der Waals surface area contributed by atoms with Crippen molar-refractivity contribution in [3.8, 4) is 0 Å². The fourth-order valence-corrected chi connectivity index (χ4v) is 0.251. The van der Waals surface area contributed by atoms with Crippen molar-refractivity contribution in [1.82, 2.24) is 0 Å². The van der Waals surface area contributed by atoms with Gasteiger partial charge in [-0.2, -0.15) is 0 Å². The Bertz CT molecular complexity index is 115. The van der Waals surface area contributed by atoms with Gasteiger partial charge in [-0.3, -0.25) is 0 Å². The number of hydrogen-bond donors (Lipinski definition) is 2. The van der Waals surface area contributed by atoms with E-state index < -0.39 is 0 Å². The molecule has 0 aliphatic carbocycles. The average molecular weight is 129 g/mol. The van der Waals surface area contributed by atoms with Crippen molar-refractivity contribution in [3.05, 3.63) is 12.2 Å². The number of allylic oxidation sites excluding steroid dienone is 1. The third kappa shape index (κ3) is 6.81. The highest BCUT2D eigenvalue weighted by atomic mass is 16.6. The van der Waals surface area contributed by atoms with Crippen LogP contribution < -0.4 is 11.5 Å². The van der Waals surface area contributed by atoms with Crippen molar-refractivity contribution in [1.29, 1.82) is 0 Å². The molecule has 0 saturated heterocycles. The second kappa shape index (κ2) is 4.96. The molecule has 0 atom stereocenters. The minimum absolute atomic E-state index is 0.0560.